The van der Waals surface area contributed by atoms with Crippen LogP contribution in [0.1, 0.15) is 32.3 Å². The maximum atomic E-state index is 13.6. The Morgan fingerprint density at radius 1 is 1.19 bits per heavy atom. The Hall–Kier alpha value is -2.65. The van der Waals surface area contributed by atoms with Crippen molar-refractivity contribution in [3.8, 4) is 12.3 Å². The molecule has 2 amide bonds. The minimum Gasteiger partial charge on any atom is -0.298 e. The molecule has 6 heteroatoms. The molecule has 6 nitrogen and oxygen atoms in total. The highest BCUT2D eigenvalue weighted by Gasteiger charge is 2.77. The Kier molecular flexibility index (Phi) is 3.20. The topological polar surface area (TPSA) is 69.7 Å². The van der Waals surface area contributed by atoms with Crippen LogP contribution >= 0.6 is 0 Å². The van der Waals surface area contributed by atoms with E-state index in [-0.39, 0.29) is 36.0 Å². The second-order valence-corrected chi connectivity index (χ2v) is 8.18. The van der Waals surface area contributed by atoms with Gasteiger partial charge in [0.2, 0.25) is 0 Å². The van der Waals surface area contributed by atoms with Gasteiger partial charge in [-0.2, -0.15) is 0 Å². The molecule has 2 aliphatic heterocycles. The summed E-state index contributed by atoms with van der Waals surface area (Å²) in [6, 6.07) is 7.25. The van der Waals surface area contributed by atoms with E-state index in [0.717, 1.165) is 0 Å². The molecule has 4 rings (SSSR count). The van der Waals surface area contributed by atoms with E-state index in [4.69, 9.17) is 6.42 Å². The van der Waals surface area contributed by atoms with Crippen molar-refractivity contribution in [1.82, 2.24) is 10.4 Å². The number of carbonyl (C=O) groups is 3. The zero-order valence-electron chi connectivity index (χ0n) is 15.1. The van der Waals surface area contributed by atoms with Crippen molar-refractivity contribution >= 4 is 23.3 Å². The van der Waals surface area contributed by atoms with Crippen molar-refractivity contribution in [1.29, 1.82) is 0 Å². The molecule has 1 N–H and O–H groups in total. The van der Waals surface area contributed by atoms with Crippen LogP contribution in [-0.2, 0) is 19.9 Å². The predicted octanol–water partition coefficient (Wildman–Crippen LogP) is 1.21. The summed E-state index contributed by atoms with van der Waals surface area (Å²) in [6.07, 6.45) is 6.06. The van der Waals surface area contributed by atoms with Crippen LogP contribution in [-0.4, -0.2) is 36.2 Å². The molecule has 1 aliphatic carbocycles. The van der Waals surface area contributed by atoms with Crippen molar-refractivity contribution in [2.45, 2.75) is 32.2 Å². The zero-order chi connectivity index (χ0) is 18.9. The number of rotatable bonds is 1. The molecule has 0 bridgehead atoms. The van der Waals surface area contributed by atoms with E-state index in [1.54, 1.807) is 7.05 Å². The number of fused-ring (bicyclic) bond motifs is 3. The summed E-state index contributed by atoms with van der Waals surface area (Å²) in [6.45, 7) is 4.01. The number of hydrogen-bond acceptors (Lipinski definition) is 4. The minimum atomic E-state index is -1.44. The highest BCUT2D eigenvalue weighted by molar-refractivity contribution is 6.21. The monoisotopic (exact) mass is 351 g/mol. The van der Waals surface area contributed by atoms with Crippen LogP contribution in [0.3, 0.4) is 0 Å². The highest BCUT2D eigenvalue weighted by atomic mass is 16.2. The molecule has 2 spiro atoms. The summed E-state index contributed by atoms with van der Waals surface area (Å²) >= 11 is 0. The Morgan fingerprint density at radius 3 is 2.50 bits per heavy atom. The number of carbonyl (C=O) groups excluding carboxylic acids is 3. The summed E-state index contributed by atoms with van der Waals surface area (Å²) in [7, 11) is 1.57. The molecular weight excluding hydrogens is 330 g/mol. The molecule has 2 atom stereocenters. The molecule has 3 aliphatic rings. The molecule has 1 aromatic rings. The van der Waals surface area contributed by atoms with Crippen LogP contribution in [0.2, 0.25) is 0 Å². The number of benzene rings is 1. The van der Waals surface area contributed by atoms with Crippen LogP contribution in [0.5, 0.6) is 0 Å². The number of para-hydroxylation sites is 1. The van der Waals surface area contributed by atoms with Crippen LogP contribution in [0, 0.1) is 23.2 Å². The summed E-state index contributed by atoms with van der Waals surface area (Å²) in [5.74, 6) is 1.64. The third-order valence-corrected chi connectivity index (χ3v) is 5.92. The van der Waals surface area contributed by atoms with Crippen molar-refractivity contribution in [2.24, 2.45) is 10.8 Å². The maximum Gasteiger partial charge on any atom is 0.256 e. The van der Waals surface area contributed by atoms with Gasteiger partial charge in [0.25, 0.3) is 11.8 Å². The molecule has 0 aromatic heterocycles. The van der Waals surface area contributed by atoms with Gasteiger partial charge in [-0.05, 0) is 17.9 Å². The van der Waals surface area contributed by atoms with Crippen molar-refractivity contribution < 1.29 is 14.4 Å². The molecule has 134 valence electrons. The number of amides is 2. The lowest BCUT2D eigenvalue weighted by Gasteiger charge is -2.35. The second kappa shape index (κ2) is 4.95. The highest BCUT2D eigenvalue weighted by Crippen LogP contribution is 2.62. The summed E-state index contributed by atoms with van der Waals surface area (Å²) in [5.41, 5.74) is 1.14. The molecule has 2 fully saturated rings. The van der Waals surface area contributed by atoms with Crippen molar-refractivity contribution in [2.75, 3.05) is 18.5 Å². The lowest BCUT2D eigenvalue weighted by Crippen LogP contribution is -2.59. The number of nitrogens with one attached hydrogen (secondary N) is 1. The molecule has 0 radical (unpaired) electrons. The number of anilines is 1. The number of nitrogens with zero attached hydrogens (tertiary/aromatic N) is 2. The normalized spacial score (nSPS) is 32.0. The number of hydrogen-bond donors (Lipinski definition) is 1. The van der Waals surface area contributed by atoms with E-state index in [2.05, 4.69) is 11.3 Å². The third kappa shape index (κ3) is 1.69. The van der Waals surface area contributed by atoms with Gasteiger partial charge in [-0.15, -0.1) is 6.42 Å². The molecular formula is C20H21N3O3. The van der Waals surface area contributed by atoms with Crippen molar-refractivity contribution in [3.05, 3.63) is 29.8 Å². The Bertz CT molecular complexity index is 900. The van der Waals surface area contributed by atoms with Crippen LogP contribution in [0.15, 0.2) is 24.3 Å². The zero-order valence-corrected chi connectivity index (χ0v) is 15.1. The lowest BCUT2D eigenvalue weighted by molar-refractivity contribution is -0.147. The second-order valence-electron chi connectivity index (χ2n) is 8.18. The van der Waals surface area contributed by atoms with Gasteiger partial charge in [-0.25, -0.2) is 5.43 Å². The van der Waals surface area contributed by atoms with E-state index >= 15 is 0 Å². The van der Waals surface area contributed by atoms with Gasteiger partial charge < -0.3 is 0 Å². The van der Waals surface area contributed by atoms with E-state index in [1.165, 1.54) is 9.91 Å². The SMILES string of the molecule is C#CCN1C(=O)[C@@]2(NN(C)C(=O)[C@]23CC(C)(C)CC3=O)c2ccccc21. The first-order valence-electron chi connectivity index (χ1n) is 8.65. The van der Waals surface area contributed by atoms with E-state index in [0.29, 0.717) is 17.7 Å². The Balaban J connectivity index is 2.03. The standard InChI is InChI=1S/C20H21N3O3/c1-5-10-23-14-9-7-6-8-13(14)20(17(23)26)19(16(25)22(4)21-20)12-18(2,3)11-15(19)24/h1,6-9,21H,10-12H2,2-4H3/t19-,20+/m1/s1. The van der Waals surface area contributed by atoms with Crippen LogP contribution in [0.25, 0.3) is 0 Å². The fourth-order valence-electron chi connectivity index (χ4n) is 5.07. The van der Waals surface area contributed by atoms with Gasteiger partial charge in [-0.3, -0.25) is 24.3 Å². The molecule has 1 saturated heterocycles. The average Bonchev–Trinajstić information content (AvgIpc) is 3.07. The van der Waals surface area contributed by atoms with Gasteiger partial charge in [0.15, 0.2) is 11.3 Å². The maximum absolute atomic E-state index is 13.6. The molecule has 1 saturated carbocycles. The minimum absolute atomic E-state index is 0.0881. The number of Topliss-reactive ketones (excluding diaryl/α,β-unsaturated/α-hetero) is 1. The third-order valence-electron chi connectivity index (χ3n) is 5.92. The predicted molar refractivity (Wildman–Crippen MR) is 95.7 cm³/mol. The van der Waals surface area contributed by atoms with Crippen molar-refractivity contribution in [3.63, 3.8) is 0 Å². The van der Waals surface area contributed by atoms with E-state index in [9.17, 15) is 14.4 Å². The first-order chi connectivity index (χ1) is 12.2. The van der Waals surface area contributed by atoms with Gasteiger partial charge in [0, 0.05) is 19.0 Å². The quantitative estimate of drug-likeness (QED) is 0.610. The molecule has 26 heavy (non-hydrogen) atoms. The first-order valence-corrected chi connectivity index (χ1v) is 8.65. The molecule has 1 aromatic carbocycles. The Labute approximate surface area is 152 Å². The molecule has 0 unspecified atom stereocenters. The summed E-state index contributed by atoms with van der Waals surface area (Å²) < 4.78 is 0. The smallest absolute Gasteiger partial charge is 0.256 e. The fraction of sp³-hybridized carbons (Fsp3) is 0.450. The molecule has 2 heterocycles. The van der Waals surface area contributed by atoms with Crippen LogP contribution in [0.4, 0.5) is 5.69 Å². The number of hydrazine groups is 1. The average molecular weight is 351 g/mol. The van der Waals surface area contributed by atoms with Gasteiger partial charge in [0.1, 0.15) is 5.41 Å². The fourth-order valence-corrected chi connectivity index (χ4v) is 5.07. The van der Waals surface area contributed by atoms with Crippen LogP contribution < -0.4 is 10.3 Å². The van der Waals surface area contributed by atoms with Gasteiger partial charge in [0.05, 0.1) is 12.2 Å². The summed E-state index contributed by atoms with van der Waals surface area (Å²) in [4.78, 5) is 41.6. The summed E-state index contributed by atoms with van der Waals surface area (Å²) in [5, 5.41) is 1.30. The largest absolute Gasteiger partial charge is 0.298 e. The number of terminal acetylenes is 1. The van der Waals surface area contributed by atoms with E-state index < -0.39 is 11.0 Å². The Morgan fingerprint density at radius 2 is 1.88 bits per heavy atom. The van der Waals surface area contributed by atoms with Gasteiger partial charge in [-0.1, -0.05) is 38.0 Å². The van der Waals surface area contributed by atoms with Gasteiger partial charge >= 0.3 is 0 Å². The lowest BCUT2D eigenvalue weighted by atomic mass is 9.64. The number of ketones is 1. The first kappa shape index (κ1) is 16.8. The van der Waals surface area contributed by atoms with E-state index in [1.807, 2.05) is 38.1 Å².